The van der Waals surface area contributed by atoms with Crippen LogP contribution in [0.1, 0.15) is 67.3 Å². The number of nitrogens with zero attached hydrogens (tertiary/aromatic N) is 3. The van der Waals surface area contributed by atoms with Crippen molar-refractivity contribution in [3.63, 3.8) is 0 Å². The number of pyridine rings is 2. The van der Waals surface area contributed by atoms with Crippen LogP contribution in [0.15, 0.2) is 59.8 Å². The van der Waals surface area contributed by atoms with E-state index in [1.165, 1.54) is 7.11 Å². The van der Waals surface area contributed by atoms with Crippen molar-refractivity contribution in [2.24, 2.45) is 5.92 Å². The molecule has 40 heavy (non-hydrogen) atoms. The molecule has 2 heterocycles. The summed E-state index contributed by atoms with van der Waals surface area (Å²) in [6.45, 7) is 9.05. The van der Waals surface area contributed by atoms with Crippen LogP contribution in [-0.4, -0.2) is 54.0 Å². The second-order valence-corrected chi connectivity index (χ2v) is 11.4. The molecule has 0 amide bonds. The maximum Gasteiger partial charge on any atom is 0.306 e. The fraction of sp³-hybridized carbons (Fsp3) is 0.455. The largest absolute Gasteiger partial charge is 0.469 e. The standard InChI is InChI=1S/C33H43N3O4/c1-22(2)15-29(36-21-25(11-12-31(36)38)13-14-35(5)6)30(37)17-26(18-32(39)40-7)27-16-28(20-34-19-27)33-23(3)9-8-10-24(33)4/h8-12,16,19-22,26,29H,13-15,17-18H2,1-7H3/t26-,29?/m0/s1. The molecule has 0 N–H and O–H groups in total. The van der Waals surface area contributed by atoms with E-state index in [1.807, 2.05) is 58.5 Å². The van der Waals surface area contributed by atoms with E-state index in [0.717, 1.165) is 46.3 Å². The summed E-state index contributed by atoms with van der Waals surface area (Å²) in [6, 6.07) is 10.9. The van der Waals surface area contributed by atoms with Gasteiger partial charge in [-0.1, -0.05) is 38.1 Å². The minimum absolute atomic E-state index is 0.0479. The third-order valence-corrected chi connectivity index (χ3v) is 7.34. The molecule has 0 saturated carbocycles. The second-order valence-electron chi connectivity index (χ2n) is 11.4. The maximum absolute atomic E-state index is 14.0. The Hall–Kier alpha value is -3.58. The van der Waals surface area contributed by atoms with E-state index in [1.54, 1.807) is 16.8 Å². The zero-order chi connectivity index (χ0) is 29.4. The Bertz CT molecular complexity index is 1360. The van der Waals surface area contributed by atoms with E-state index in [0.29, 0.717) is 6.42 Å². The van der Waals surface area contributed by atoms with Crippen molar-refractivity contribution < 1.29 is 14.3 Å². The third-order valence-electron chi connectivity index (χ3n) is 7.34. The van der Waals surface area contributed by atoms with Crippen molar-refractivity contribution in [2.75, 3.05) is 27.7 Å². The second kappa shape index (κ2) is 14.2. The molecule has 0 saturated heterocycles. The fourth-order valence-electron chi connectivity index (χ4n) is 5.20. The molecule has 7 nitrogen and oxygen atoms in total. The smallest absolute Gasteiger partial charge is 0.306 e. The summed E-state index contributed by atoms with van der Waals surface area (Å²) in [5, 5.41) is 0. The normalized spacial score (nSPS) is 12.9. The summed E-state index contributed by atoms with van der Waals surface area (Å²) in [6.07, 6.45) is 6.82. The highest BCUT2D eigenvalue weighted by atomic mass is 16.5. The molecule has 3 rings (SSSR count). The molecule has 0 aliphatic carbocycles. The molecule has 0 bridgehead atoms. The monoisotopic (exact) mass is 545 g/mol. The van der Waals surface area contributed by atoms with Crippen LogP contribution in [0, 0.1) is 19.8 Å². The van der Waals surface area contributed by atoms with Crippen molar-refractivity contribution in [2.45, 2.75) is 65.3 Å². The number of hydrogen-bond donors (Lipinski definition) is 0. The van der Waals surface area contributed by atoms with Gasteiger partial charge in [0.25, 0.3) is 5.56 Å². The van der Waals surface area contributed by atoms with Crippen LogP contribution in [0.2, 0.25) is 0 Å². The van der Waals surface area contributed by atoms with Crippen LogP contribution in [0.25, 0.3) is 11.1 Å². The van der Waals surface area contributed by atoms with Gasteiger partial charge >= 0.3 is 5.97 Å². The van der Waals surface area contributed by atoms with E-state index in [2.05, 4.69) is 35.9 Å². The predicted octanol–water partition coefficient (Wildman–Crippen LogP) is 5.52. The molecule has 0 aliphatic rings. The van der Waals surface area contributed by atoms with Gasteiger partial charge in [-0.2, -0.15) is 0 Å². The quantitative estimate of drug-likeness (QED) is 0.263. The van der Waals surface area contributed by atoms with Crippen molar-refractivity contribution in [3.05, 3.63) is 87.6 Å². The minimum atomic E-state index is -0.623. The lowest BCUT2D eigenvalue weighted by atomic mass is 9.86. The first-order valence-electron chi connectivity index (χ1n) is 14.0. The Balaban J connectivity index is 1.99. The number of carbonyl (C=O) groups is 2. The topological polar surface area (TPSA) is 81.5 Å². The van der Waals surface area contributed by atoms with E-state index in [-0.39, 0.29) is 30.1 Å². The Morgan fingerprint density at radius 1 is 1.02 bits per heavy atom. The van der Waals surface area contributed by atoms with Gasteiger partial charge in [0.05, 0.1) is 19.6 Å². The fourth-order valence-corrected chi connectivity index (χ4v) is 5.20. The number of ketones is 1. The predicted molar refractivity (Wildman–Crippen MR) is 160 cm³/mol. The van der Waals surface area contributed by atoms with Gasteiger partial charge in [-0.3, -0.25) is 19.4 Å². The van der Waals surface area contributed by atoms with Crippen molar-refractivity contribution >= 4 is 11.8 Å². The van der Waals surface area contributed by atoms with Gasteiger partial charge < -0.3 is 14.2 Å². The average Bonchev–Trinajstić information content (AvgIpc) is 2.90. The number of carbonyl (C=O) groups excluding carboxylic acids is 2. The molecule has 3 aromatic rings. The number of ether oxygens (including phenoxy) is 1. The van der Waals surface area contributed by atoms with Gasteiger partial charge in [0.1, 0.15) is 0 Å². The molecule has 2 aromatic heterocycles. The van der Waals surface area contributed by atoms with Crippen molar-refractivity contribution in [3.8, 4) is 11.1 Å². The minimum Gasteiger partial charge on any atom is -0.469 e. The van der Waals surface area contributed by atoms with E-state index in [9.17, 15) is 14.4 Å². The average molecular weight is 546 g/mol. The van der Waals surface area contributed by atoms with Crippen LogP contribution >= 0.6 is 0 Å². The summed E-state index contributed by atoms with van der Waals surface area (Å²) in [4.78, 5) is 46.0. The molecule has 2 atom stereocenters. The summed E-state index contributed by atoms with van der Waals surface area (Å²) in [5.41, 5.74) is 5.91. The SMILES string of the molecule is COC(=O)C[C@H](CC(=O)C(CC(C)C)n1cc(CCN(C)C)ccc1=O)c1cncc(-c2c(C)cccc2C)c1. The summed E-state index contributed by atoms with van der Waals surface area (Å²) >= 11 is 0. The zero-order valence-electron chi connectivity index (χ0n) is 24.9. The number of aromatic nitrogens is 2. The molecule has 0 aliphatic heterocycles. The summed E-state index contributed by atoms with van der Waals surface area (Å²) in [7, 11) is 5.37. The number of benzene rings is 1. The molecular weight excluding hydrogens is 502 g/mol. The third kappa shape index (κ3) is 8.21. The Morgan fingerprint density at radius 2 is 1.73 bits per heavy atom. The molecule has 0 spiro atoms. The summed E-state index contributed by atoms with van der Waals surface area (Å²) < 4.78 is 6.59. The first-order valence-corrected chi connectivity index (χ1v) is 14.0. The molecule has 1 unspecified atom stereocenters. The number of hydrogen-bond acceptors (Lipinski definition) is 6. The van der Waals surface area contributed by atoms with E-state index in [4.69, 9.17) is 4.74 Å². The zero-order valence-corrected chi connectivity index (χ0v) is 24.9. The summed E-state index contributed by atoms with van der Waals surface area (Å²) in [5.74, 6) is -0.705. The lowest BCUT2D eigenvalue weighted by Gasteiger charge is -2.24. The van der Waals surface area contributed by atoms with Crippen molar-refractivity contribution in [1.29, 1.82) is 0 Å². The number of aryl methyl sites for hydroxylation is 2. The van der Waals surface area contributed by atoms with Gasteiger partial charge in [0, 0.05) is 49.1 Å². The van der Waals surface area contributed by atoms with Gasteiger partial charge in [0.15, 0.2) is 5.78 Å². The van der Waals surface area contributed by atoms with E-state index >= 15 is 0 Å². The van der Waals surface area contributed by atoms with Crippen LogP contribution in [0.4, 0.5) is 0 Å². The molecule has 7 heteroatoms. The Kier molecular flexibility index (Phi) is 11.0. The van der Waals surface area contributed by atoms with Gasteiger partial charge in [0.2, 0.25) is 0 Å². The number of Topliss-reactive ketones (excluding diaryl/α,β-unsaturated/α-hetero) is 1. The molecule has 0 radical (unpaired) electrons. The van der Waals surface area contributed by atoms with Crippen LogP contribution in [0.3, 0.4) is 0 Å². The number of methoxy groups -OCH3 is 1. The highest BCUT2D eigenvalue weighted by molar-refractivity contribution is 5.84. The lowest BCUT2D eigenvalue weighted by molar-refractivity contribution is -0.141. The molecule has 0 fully saturated rings. The van der Waals surface area contributed by atoms with Crippen molar-refractivity contribution in [1.82, 2.24) is 14.5 Å². The number of likely N-dealkylation sites (N-methyl/N-ethyl adjacent to an activating group) is 1. The van der Waals surface area contributed by atoms with Crippen LogP contribution in [-0.2, 0) is 20.7 Å². The lowest BCUT2D eigenvalue weighted by Crippen LogP contribution is -2.32. The molecular formula is C33H43N3O4. The number of esters is 1. The Labute approximate surface area is 238 Å². The Morgan fingerprint density at radius 3 is 2.35 bits per heavy atom. The van der Waals surface area contributed by atoms with Gasteiger partial charge in [-0.05, 0) is 80.6 Å². The first-order chi connectivity index (χ1) is 19.0. The van der Waals surface area contributed by atoms with Gasteiger partial charge in [-0.25, -0.2) is 0 Å². The van der Waals surface area contributed by atoms with Crippen LogP contribution < -0.4 is 5.56 Å². The first kappa shape index (κ1) is 31.0. The van der Waals surface area contributed by atoms with Gasteiger partial charge in [-0.15, -0.1) is 0 Å². The maximum atomic E-state index is 14.0. The molecule has 1 aromatic carbocycles. The number of rotatable bonds is 13. The highest BCUT2D eigenvalue weighted by Gasteiger charge is 2.28. The van der Waals surface area contributed by atoms with Crippen LogP contribution in [0.5, 0.6) is 0 Å². The highest BCUT2D eigenvalue weighted by Crippen LogP contribution is 2.33. The molecule has 214 valence electrons. The van der Waals surface area contributed by atoms with E-state index < -0.39 is 17.9 Å².